The van der Waals surface area contributed by atoms with E-state index < -0.39 is 0 Å². The first-order valence-electron chi connectivity index (χ1n) is 8.77. The molecule has 0 bridgehead atoms. The summed E-state index contributed by atoms with van der Waals surface area (Å²) < 4.78 is 7.21. The number of anilines is 1. The van der Waals surface area contributed by atoms with Gasteiger partial charge in [-0.1, -0.05) is 6.07 Å². The lowest BCUT2D eigenvalue weighted by atomic mass is 10.1. The van der Waals surface area contributed by atoms with E-state index in [9.17, 15) is 4.79 Å². The van der Waals surface area contributed by atoms with Gasteiger partial charge in [-0.05, 0) is 24.3 Å². The van der Waals surface area contributed by atoms with E-state index in [1.54, 1.807) is 18.5 Å². The van der Waals surface area contributed by atoms with Gasteiger partial charge in [-0.2, -0.15) is 5.10 Å². The maximum absolute atomic E-state index is 12.5. The molecule has 0 unspecified atom stereocenters. The molecular formula is C19H21N5O2. The second-order valence-electron chi connectivity index (χ2n) is 6.31. The second-order valence-corrected chi connectivity index (χ2v) is 6.31. The molecule has 1 fully saturated rings. The summed E-state index contributed by atoms with van der Waals surface area (Å²) in [7, 11) is 0. The highest BCUT2D eigenvalue weighted by Crippen LogP contribution is 2.15. The molecule has 2 aromatic heterocycles. The van der Waals surface area contributed by atoms with Gasteiger partial charge in [0.05, 0.1) is 37.2 Å². The van der Waals surface area contributed by atoms with Crippen LogP contribution in [0, 0.1) is 0 Å². The molecule has 1 amide bonds. The maximum atomic E-state index is 12.5. The number of morpholine rings is 1. The topological polar surface area (TPSA) is 72.3 Å². The van der Waals surface area contributed by atoms with Gasteiger partial charge in [-0.25, -0.2) is 0 Å². The van der Waals surface area contributed by atoms with E-state index in [0.717, 1.165) is 50.3 Å². The Morgan fingerprint density at radius 1 is 1.19 bits per heavy atom. The van der Waals surface area contributed by atoms with Gasteiger partial charge in [0.25, 0.3) is 5.91 Å². The normalized spacial score (nSPS) is 15.2. The quantitative estimate of drug-likeness (QED) is 0.761. The first-order chi connectivity index (χ1) is 12.8. The molecule has 1 aliphatic heterocycles. The fourth-order valence-corrected chi connectivity index (χ4v) is 3.04. The smallest absolute Gasteiger partial charge is 0.255 e. The maximum Gasteiger partial charge on any atom is 0.255 e. The van der Waals surface area contributed by atoms with Gasteiger partial charge < -0.3 is 10.1 Å². The summed E-state index contributed by atoms with van der Waals surface area (Å²) in [6.45, 7) is 5.22. The van der Waals surface area contributed by atoms with E-state index in [1.807, 2.05) is 35.1 Å². The van der Waals surface area contributed by atoms with Crippen molar-refractivity contribution in [3.05, 3.63) is 54.5 Å². The minimum atomic E-state index is -0.150. The number of nitrogens with one attached hydrogen (secondary N) is 1. The van der Waals surface area contributed by atoms with Gasteiger partial charge in [0.15, 0.2) is 0 Å². The summed E-state index contributed by atoms with van der Waals surface area (Å²) in [6.07, 6.45) is 5.29. The number of nitrogens with zero attached hydrogens (tertiary/aromatic N) is 4. The molecule has 0 atom stereocenters. The van der Waals surface area contributed by atoms with Crippen molar-refractivity contribution in [2.45, 2.75) is 6.54 Å². The van der Waals surface area contributed by atoms with Crippen LogP contribution in [0.4, 0.5) is 5.69 Å². The Balaban J connectivity index is 1.37. The number of pyridine rings is 1. The zero-order valence-electron chi connectivity index (χ0n) is 14.5. The third kappa shape index (κ3) is 3.89. The molecule has 3 aromatic rings. The van der Waals surface area contributed by atoms with Gasteiger partial charge in [0, 0.05) is 43.0 Å². The van der Waals surface area contributed by atoms with Gasteiger partial charge in [0.2, 0.25) is 0 Å². The highest BCUT2D eigenvalue weighted by Gasteiger charge is 2.11. The van der Waals surface area contributed by atoms with Crippen molar-refractivity contribution in [2.75, 3.05) is 38.2 Å². The minimum Gasteiger partial charge on any atom is -0.379 e. The molecule has 3 heterocycles. The number of benzene rings is 1. The summed E-state index contributed by atoms with van der Waals surface area (Å²) >= 11 is 0. The predicted molar refractivity (Wildman–Crippen MR) is 99.2 cm³/mol. The Kier molecular flexibility index (Phi) is 4.90. The molecule has 1 aromatic carbocycles. The lowest BCUT2D eigenvalue weighted by Crippen LogP contribution is -2.38. The number of amides is 1. The van der Waals surface area contributed by atoms with Crippen LogP contribution < -0.4 is 5.32 Å². The van der Waals surface area contributed by atoms with E-state index >= 15 is 0 Å². The molecule has 1 N–H and O–H groups in total. The third-order valence-electron chi connectivity index (χ3n) is 4.51. The average molecular weight is 351 g/mol. The van der Waals surface area contributed by atoms with Crippen LogP contribution in [0.5, 0.6) is 0 Å². The zero-order valence-corrected chi connectivity index (χ0v) is 14.5. The number of fused-ring (bicyclic) bond motifs is 1. The molecule has 4 rings (SSSR count). The van der Waals surface area contributed by atoms with Crippen molar-refractivity contribution >= 4 is 22.5 Å². The largest absolute Gasteiger partial charge is 0.379 e. The van der Waals surface area contributed by atoms with Crippen molar-refractivity contribution in [3.8, 4) is 0 Å². The molecule has 1 aliphatic rings. The summed E-state index contributed by atoms with van der Waals surface area (Å²) in [5, 5.41) is 8.18. The minimum absolute atomic E-state index is 0.150. The fraction of sp³-hybridized carbons (Fsp3) is 0.316. The Bertz CT molecular complexity index is 902. The molecule has 7 heteroatoms. The van der Waals surface area contributed by atoms with Gasteiger partial charge in [-0.3, -0.25) is 19.4 Å². The van der Waals surface area contributed by atoms with Crippen LogP contribution in [0.1, 0.15) is 10.4 Å². The Morgan fingerprint density at radius 3 is 2.96 bits per heavy atom. The lowest BCUT2D eigenvalue weighted by Gasteiger charge is -2.26. The standard InChI is InChI=1S/C19H21N5O2/c25-19(16-3-4-18-15(12-16)2-1-5-20-18)22-17-13-21-24(14-17)7-6-23-8-10-26-11-9-23/h1-5,12-14H,6-11H2,(H,22,25). The summed E-state index contributed by atoms with van der Waals surface area (Å²) in [5.74, 6) is -0.150. The van der Waals surface area contributed by atoms with Crippen LogP contribution >= 0.6 is 0 Å². The van der Waals surface area contributed by atoms with Crippen LogP contribution in [-0.2, 0) is 11.3 Å². The molecule has 26 heavy (non-hydrogen) atoms. The fourth-order valence-electron chi connectivity index (χ4n) is 3.04. The molecule has 0 aliphatic carbocycles. The summed E-state index contributed by atoms with van der Waals surface area (Å²) in [4.78, 5) is 19.1. The molecule has 0 spiro atoms. The highest BCUT2D eigenvalue weighted by molar-refractivity contribution is 6.06. The SMILES string of the molecule is O=C(Nc1cnn(CCN2CCOCC2)c1)c1ccc2ncccc2c1. The molecule has 0 saturated carbocycles. The van der Waals surface area contributed by atoms with Crippen molar-refractivity contribution in [1.29, 1.82) is 0 Å². The second kappa shape index (κ2) is 7.63. The van der Waals surface area contributed by atoms with Crippen molar-refractivity contribution in [2.24, 2.45) is 0 Å². The number of carbonyl (C=O) groups is 1. The summed E-state index contributed by atoms with van der Waals surface area (Å²) in [6, 6.07) is 9.30. The van der Waals surface area contributed by atoms with E-state index in [4.69, 9.17) is 4.74 Å². The number of ether oxygens (including phenoxy) is 1. The number of aromatic nitrogens is 3. The van der Waals surface area contributed by atoms with E-state index in [2.05, 4.69) is 20.3 Å². The number of rotatable bonds is 5. The van der Waals surface area contributed by atoms with Crippen molar-refractivity contribution < 1.29 is 9.53 Å². The van der Waals surface area contributed by atoms with Crippen LogP contribution in [0.15, 0.2) is 48.9 Å². The summed E-state index contributed by atoms with van der Waals surface area (Å²) in [5.41, 5.74) is 2.18. The Morgan fingerprint density at radius 2 is 2.08 bits per heavy atom. The van der Waals surface area contributed by atoms with E-state index in [1.165, 1.54) is 0 Å². The third-order valence-corrected chi connectivity index (χ3v) is 4.51. The van der Waals surface area contributed by atoms with Crippen LogP contribution in [0.3, 0.4) is 0 Å². The molecule has 134 valence electrons. The van der Waals surface area contributed by atoms with E-state index in [-0.39, 0.29) is 5.91 Å². The van der Waals surface area contributed by atoms with Crippen molar-refractivity contribution in [3.63, 3.8) is 0 Å². The van der Waals surface area contributed by atoms with E-state index in [0.29, 0.717) is 11.3 Å². The molecule has 1 saturated heterocycles. The lowest BCUT2D eigenvalue weighted by molar-refractivity contribution is 0.0360. The number of carbonyl (C=O) groups excluding carboxylic acids is 1. The monoisotopic (exact) mass is 351 g/mol. The van der Waals surface area contributed by atoms with Gasteiger partial charge in [-0.15, -0.1) is 0 Å². The number of hydrogen-bond acceptors (Lipinski definition) is 5. The van der Waals surface area contributed by atoms with Gasteiger partial charge in [0.1, 0.15) is 0 Å². The Labute approximate surface area is 151 Å². The van der Waals surface area contributed by atoms with Crippen LogP contribution in [-0.4, -0.2) is 58.4 Å². The van der Waals surface area contributed by atoms with Gasteiger partial charge >= 0.3 is 0 Å². The van der Waals surface area contributed by atoms with Crippen molar-refractivity contribution in [1.82, 2.24) is 19.7 Å². The molecule has 0 radical (unpaired) electrons. The van der Waals surface area contributed by atoms with Crippen LogP contribution in [0.2, 0.25) is 0 Å². The first-order valence-corrected chi connectivity index (χ1v) is 8.77. The van der Waals surface area contributed by atoms with Crippen LogP contribution in [0.25, 0.3) is 10.9 Å². The molecular weight excluding hydrogens is 330 g/mol. The average Bonchev–Trinajstić information content (AvgIpc) is 3.14. The Hall–Kier alpha value is -2.77. The predicted octanol–water partition coefficient (Wildman–Crippen LogP) is 2.02. The number of hydrogen-bond donors (Lipinski definition) is 1. The molecule has 7 nitrogen and oxygen atoms in total. The zero-order chi connectivity index (χ0) is 17.8. The first kappa shape index (κ1) is 16.7. The highest BCUT2D eigenvalue weighted by atomic mass is 16.5.